The summed E-state index contributed by atoms with van der Waals surface area (Å²) in [5.74, 6) is 5.61. The molecule has 0 saturated heterocycles. The van der Waals surface area contributed by atoms with Gasteiger partial charge in [0.25, 0.3) is 0 Å². The number of hydrogen-bond donors (Lipinski definition) is 2. The highest BCUT2D eigenvalue weighted by Gasteiger charge is 2.32. The van der Waals surface area contributed by atoms with Crippen molar-refractivity contribution >= 4 is 10.0 Å². The third-order valence-electron chi connectivity index (χ3n) is 3.36. The van der Waals surface area contributed by atoms with Gasteiger partial charge in [0, 0.05) is 25.1 Å². The Morgan fingerprint density at radius 3 is 2.86 bits per heavy atom. The summed E-state index contributed by atoms with van der Waals surface area (Å²) in [5.41, 5.74) is 0.620. The van der Waals surface area contributed by atoms with E-state index in [-0.39, 0.29) is 23.6 Å². The summed E-state index contributed by atoms with van der Waals surface area (Å²) in [7, 11) is -1.90. The van der Waals surface area contributed by atoms with Gasteiger partial charge < -0.3 is 9.84 Å². The molecular formula is C15H19NO4S. The van der Waals surface area contributed by atoms with Crippen LogP contribution in [0.2, 0.25) is 0 Å². The zero-order valence-electron chi connectivity index (χ0n) is 11.9. The topological polar surface area (TPSA) is 75.6 Å². The number of benzene rings is 1. The second-order valence-electron chi connectivity index (χ2n) is 4.95. The monoisotopic (exact) mass is 309 g/mol. The minimum atomic E-state index is -3.53. The van der Waals surface area contributed by atoms with Crippen molar-refractivity contribution in [2.45, 2.75) is 36.3 Å². The minimum absolute atomic E-state index is 0.00507. The van der Waals surface area contributed by atoms with Crippen molar-refractivity contribution in [3.63, 3.8) is 0 Å². The molecule has 0 amide bonds. The lowest BCUT2D eigenvalue weighted by Gasteiger charge is -2.34. The lowest BCUT2D eigenvalue weighted by Crippen LogP contribution is -2.47. The zero-order chi connectivity index (χ0) is 15.3. The Kier molecular flexibility index (Phi) is 5.37. The molecule has 1 fully saturated rings. The molecule has 1 aliphatic carbocycles. The van der Waals surface area contributed by atoms with Gasteiger partial charge in [-0.15, -0.1) is 0 Å². The fourth-order valence-electron chi connectivity index (χ4n) is 2.10. The summed E-state index contributed by atoms with van der Waals surface area (Å²) in [6.07, 6.45) is 1.92. The maximum Gasteiger partial charge on any atom is 0.240 e. The van der Waals surface area contributed by atoms with Gasteiger partial charge in [-0.3, -0.25) is 0 Å². The molecule has 0 aliphatic heterocycles. The van der Waals surface area contributed by atoms with E-state index in [0.717, 1.165) is 0 Å². The molecule has 6 heteroatoms. The van der Waals surface area contributed by atoms with Gasteiger partial charge >= 0.3 is 0 Å². The van der Waals surface area contributed by atoms with Crippen molar-refractivity contribution in [1.82, 2.24) is 4.72 Å². The molecule has 0 bridgehead atoms. The molecule has 2 N–H and O–H groups in total. The van der Waals surface area contributed by atoms with Crippen LogP contribution >= 0.6 is 0 Å². The standard InChI is InChI=1S/C15H19NO4S/c1-20-14-10-13(11-14)16-21(18,19)15-7-4-6-12(9-15)5-2-3-8-17/h4,6-7,9,13-14,16-17H,3,8,10-11H2,1H3. The lowest BCUT2D eigenvalue weighted by molar-refractivity contribution is 0.0236. The van der Waals surface area contributed by atoms with Crippen molar-refractivity contribution in [2.24, 2.45) is 0 Å². The highest BCUT2D eigenvalue weighted by Crippen LogP contribution is 2.24. The van der Waals surface area contributed by atoms with Crippen molar-refractivity contribution in [3.05, 3.63) is 29.8 Å². The van der Waals surface area contributed by atoms with Crippen LogP contribution in [0.1, 0.15) is 24.8 Å². The first-order valence-electron chi connectivity index (χ1n) is 6.80. The summed E-state index contributed by atoms with van der Waals surface area (Å²) in [6, 6.07) is 6.43. The van der Waals surface area contributed by atoms with E-state index in [9.17, 15) is 8.42 Å². The van der Waals surface area contributed by atoms with E-state index in [1.807, 2.05) is 0 Å². The van der Waals surface area contributed by atoms with Crippen LogP contribution in [0.4, 0.5) is 0 Å². The predicted molar refractivity (Wildman–Crippen MR) is 79.2 cm³/mol. The van der Waals surface area contributed by atoms with Gasteiger partial charge in [-0.05, 0) is 31.0 Å². The quantitative estimate of drug-likeness (QED) is 0.792. The maximum absolute atomic E-state index is 12.3. The molecule has 1 aliphatic rings. The molecule has 0 radical (unpaired) electrons. The number of aliphatic hydroxyl groups excluding tert-OH is 1. The molecule has 2 rings (SSSR count). The molecule has 0 heterocycles. The van der Waals surface area contributed by atoms with Crippen LogP contribution in [-0.2, 0) is 14.8 Å². The van der Waals surface area contributed by atoms with Crippen molar-refractivity contribution in [1.29, 1.82) is 0 Å². The van der Waals surface area contributed by atoms with Crippen molar-refractivity contribution in [2.75, 3.05) is 13.7 Å². The van der Waals surface area contributed by atoms with Gasteiger partial charge in [-0.2, -0.15) is 0 Å². The predicted octanol–water partition coefficient (Wildman–Crippen LogP) is 0.876. The number of methoxy groups -OCH3 is 1. The Bertz CT molecular complexity index is 639. The SMILES string of the molecule is COC1CC(NS(=O)(=O)c2cccc(C#CCCO)c2)C1. The molecule has 0 atom stereocenters. The van der Waals surface area contributed by atoms with Crippen LogP contribution in [-0.4, -0.2) is 39.4 Å². The molecule has 1 aromatic rings. The number of nitrogens with one attached hydrogen (secondary N) is 1. The van der Waals surface area contributed by atoms with E-state index in [4.69, 9.17) is 9.84 Å². The second-order valence-corrected chi connectivity index (χ2v) is 6.66. The van der Waals surface area contributed by atoms with Crippen LogP contribution in [0.3, 0.4) is 0 Å². The van der Waals surface area contributed by atoms with Gasteiger partial charge in [-0.1, -0.05) is 17.9 Å². The number of hydrogen-bond acceptors (Lipinski definition) is 4. The van der Waals surface area contributed by atoms with Crippen molar-refractivity contribution in [3.8, 4) is 11.8 Å². The van der Waals surface area contributed by atoms with E-state index < -0.39 is 10.0 Å². The van der Waals surface area contributed by atoms with Gasteiger partial charge in [0.1, 0.15) is 0 Å². The fourth-order valence-corrected chi connectivity index (χ4v) is 3.41. The molecule has 114 valence electrons. The van der Waals surface area contributed by atoms with E-state index >= 15 is 0 Å². The van der Waals surface area contributed by atoms with E-state index in [2.05, 4.69) is 16.6 Å². The first-order valence-corrected chi connectivity index (χ1v) is 8.28. The summed E-state index contributed by atoms with van der Waals surface area (Å²) in [6.45, 7) is -0.00507. The van der Waals surface area contributed by atoms with Crippen LogP contribution in [0, 0.1) is 11.8 Å². The maximum atomic E-state index is 12.3. The summed E-state index contributed by atoms with van der Waals surface area (Å²) in [5, 5.41) is 8.68. The first-order chi connectivity index (χ1) is 10.0. The Morgan fingerprint density at radius 2 is 2.19 bits per heavy atom. The highest BCUT2D eigenvalue weighted by molar-refractivity contribution is 7.89. The Hall–Kier alpha value is -1.39. The first kappa shape index (κ1) is 16.0. The normalized spacial score (nSPS) is 21.2. The molecule has 1 saturated carbocycles. The molecule has 5 nitrogen and oxygen atoms in total. The number of sulfonamides is 1. The molecule has 0 spiro atoms. The summed E-state index contributed by atoms with van der Waals surface area (Å²) >= 11 is 0. The Labute approximate surface area is 125 Å². The molecule has 21 heavy (non-hydrogen) atoms. The van der Waals surface area contributed by atoms with Gasteiger partial charge in [-0.25, -0.2) is 13.1 Å². The van der Waals surface area contributed by atoms with E-state index in [1.165, 1.54) is 0 Å². The molecule has 1 aromatic carbocycles. The minimum Gasteiger partial charge on any atom is -0.395 e. The Morgan fingerprint density at radius 1 is 1.43 bits per heavy atom. The van der Waals surface area contributed by atoms with Gasteiger partial charge in [0.2, 0.25) is 10.0 Å². The average molecular weight is 309 g/mol. The smallest absolute Gasteiger partial charge is 0.240 e. The lowest BCUT2D eigenvalue weighted by atomic mass is 9.90. The molecule has 0 aromatic heterocycles. The zero-order valence-corrected chi connectivity index (χ0v) is 12.7. The number of aliphatic hydroxyl groups is 1. The van der Waals surface area contributed by atoms with Crippen LogP contribution in [0.25, 0.3) is 0 Å². The molecular weight excluding hydrogens is 290 g/mol. The Balaban J connectivity index is 2.06. The average Bonchev–Trinajstić information content (AvgIpc) is 2.43. The third kappa shape index (κ3) is 4.29. The van der Waals surface area contributed by atoms with Gasteiger partial charge in [0.15, 0.2) is 0 Å². The van der Waals surface area contributed by atoms with Crippen molar-refractivity contribution < 1.29 is 18.3 Å². The summed E-state index contributed by atoms with van der Waals surface area (Å²) < 4.78 is 32.4. The largest absolute Gasteiger partial charge is 0.395 e. The van der Waals surface area contributed by atoms with E-state index in [1.54, 1.807) is 31.4 Å². The highest BCUT2D eigenvalue weighted by atomic mass is 32.2. The van der Waals surface area contributed by atoms with Crippen LogP contribution in [0.15, 0.2) is 29.2 Å². The fraction of sp³-hybridized carbons (Fsp3) is 0.467. The van der Waals surface area contributed by atoms with Crippen LogP contribution < -0.4 is 4.72 Å². The summed E-state index contributed by atoms with van der Waals surface area (Å²) in [4.78, 5) is 0.208. The molecule has 0 unspecified atom stereocenters. The van der Waals surface area contributed by atoms with Crippen LogP contribution in [0.5, 0.6) is 0 Å². The van der Waals surface area contributed by atoms with Gasteiger partial charge in [0.05, 0.1) is 17.6 Å². The number of rotatable bonds is 5. The number of ether oxygens (including phenoxy) is 1. The second kappa shape index (κ2) is 7.05. The third-order valence-corrected chi connectivity index (χ3v) is 4.88. The van der Waals surface area contributed by atoms with E-state index in [0.29, 0.717) is 24.8 Å².